The van der Waals surface area contributed by atoms with Crippen molar-refractivity contribution in [2.75, 3.05) is 27.9 Å². The maximum atomic E-state index is 12.8. The van der Waals surface area contributed by atoms with Gasteiger partial charge in [0.2, 0.25) is 5.75 Å². The van der Waals surface area contributed by atoms with E-state index in [1.807, 2.05) is 0 Å². The van der Waals surface area contributed by atoms with Crippen LogP contribution in [0.4, 0.5) is 0 Å². The summed E-state index contributed by atoms with van der Waals surface area (Å²) in [6.45, 7) is 2.08. The molecular weight excluding hydrogens is 352 g/mol. The molecule has 0 saturated heterocycles. The standard InChI is InChI=1S/C20H20O7/c1-5-26-19-13(22)10-17-18(20(19)25-4)12(21)9-15(27-17)11-6-7-14(23-2)16(8-11)24-3/h6-10,22H,5H2,1-4H3. The fraction of sp³-hybridized carbons (Fsp3) is 0.250. The summed E-state index contributed by atoms with van der Waals surface area (Å²) in [6.07, 6.45) is 0. The number of phenols is 1. The molecule has 1 aromatic heterocycles. The van der Waals surface area contributed by atoms with Gasteiger partial charge < -0.3 is 28.5 Å². The summed E-state index contributed by atoms with van der Waals surface area (Å²) in [5, 5.41) is 10.4. The second-order valence-electron chi connectivity index (χ2n) is 5.61. The van der Waals surface area contributed by atoms with Crippen molar-refractivity contribution >= 4 is 11.0 Å². The van der Waals surface area contributed by atoms with Gasteiger partial charge in [-0.1, -0.05) is 0 Å². The predicted molar refractivity (Wildman–Crippen MR) is 100 cm³/mol. The van der Waals surface area contributed by atoms with Gasteiger partial charge in [0.05, 0.1) is 27.9 Å². The Morgan fingerprint density at radius 3 is 2.33 bits per heavy atom. The lowest BCUT2D eigenvalue weighted by Gasteiger charge is -2.14. The van der Waals surface area contributed by atoms with E-state index in [0.717, 1.165) is 0 Å². The molecule has 142 valence electrons. The van der Waals surface area contributed by atoms with Crippen LogP contribution in [0.15, 0.2) is 39.5 Å². The Hall–Kier alpha value is -3.35. The second-order valence-corrected chi connectivity index (χ2v) is 5.61. The molecule has 0 radical (unpaired) electrons. The van der Waals surface area contributed by atoms with E-state index in [2.05, 4.69) is 0 Å². The molecule has 0 bridgehead atoms. The maximum Gasteiger partial charge on any atom is 0.204 e. The first-order valence-electron chi connectivity index (χ1n) is 8.27. The second kappa shape index (κ2) is 7.49. The van der Waals surface area contributed by atoms with Crippen LogP contribution in [0.3, 0.4) is 0 Å². The first kappa shape index (κ1) is 18.4. The van der Waals surface area contributed by atoms with Gasteiger partial charge in [-0.05, 0) is 25.1 Å². The molecule has 1 heterocycles. The molecule has 0 unspecified atom stereocenters. The lowest BCUT2D eigenvalue weighted by Crippen LogP contribution is -2.05. The van der Waals surface area contributed by atoms with Crippen LogP contribution in [0.25, 0.3) is 22.3 Å². The monoisotopic (exact) mass is 372 g/mol. The number of ether oxygens (including phenoxy) is 4. The van der Waals surface area contributed by atoms with E-state index >= 15 is 0 Å². The Morgan fingerprint density at radius 2 is 1.70 bits per heavy atom. The summed E-state index contributed by atoms with van der Waals surface area (Å²) in [5.41, 5.74) is 0.489. The molecule has 0 aliphatic rings. The largest absolute Gasteiger partial charge is 0.504 e. The van der Waals surface area contributed by atoms with Gasteiger partial charge in [0.25, 0.3) is 0 Å². The molecule has 0 saturated carbocycles. The van der Waals surface area contributed by atoms with Crippen LogP contribution in [0.5, 0.6) is 28.7 Å². The average Bonchev–Trinajstić information content (AvgIpc) is 2.68. The molecule has 2 aromatic carbocycles. The van der Waals surface area contributed by atoms with Crippen LogP contribution in [0, 0.1) is 0 Å². The molecule has 0 spiro atoms. The Bertz CT molecular complexity index is 1040. The van der Waals surface area contributed by atoms with Gasteiger partial charge in [0, 0.05) is 17.7 Å². The van der Waals surface area contributed by atoms with Gasteiger partial charge in [0.1, 0.15) is 16.7 Å². The van der Waals surface area contributed by atoms with Crippen molar-refractivity contribution < 1.29 is 28.5 Å². The number of hydrogen-bond donors (Lipinski definition) is 1. The molecule has 27 heavy (non-hydrogen) atoms. The van der Waals surface area contributed by atoms with Crippen LogP contribution >= 0.6 is 0 Å². The molecule has 0 atom stereocenters. The smallest absolute Gasteiger partial charge is 0.204 e. The first-order valence-corrected chi connectivity index (χ1v) is 8.27. The van der Waals surface area contributed by atoms with Crippen molar-refractivity contribution in [2.45, 2.75) is 6.92 Å². The van der Waals surface area contributed by atoms with Gasteiger partial charge in [-0.2, -0.15) is 0 Å². The van der Waals surface area contributed by atoms with E-state index in [-0.39, 0.29) is 33.6 Å². The zero-order valence-corrected chi connectivity index (χ0v) is 15.5. The van der Waals surface area contributed by atoms with E-state index in [1.54, 1.807) is 32.2 Å². The van der Waals surface area contributed by atoms with Crippen LogP contribution in [-0.2, 0) is 0 Å². The summed E-state index contributed by atoms with van der Waals surface area (Å²) in [5.74, 6) is 1.46. The zero-order valence-electron chi connectivity index (χ0n) is 15.5. The van der Waals surface area contributed by atoms with Gasteiger partial charge in [-0.25, -0.2) is 0 Å². The van der Waals surface area contributed by atoms with Crippen LogP contribution in [0.2, 0.25) is 0 Å². The molecular formula is C20H20O7. The molecule has 0 aliphatic heterocycles. The third-order valence-electron chi connectivity index (χ3n) is 4.07. The molecule has 7 nitrogen and oxygen atoms in total. The van der Waals surface area contributed by atoms with Crippen molar-refractivity contribution in [3.8, 4) is 40.1 Å². The van der Waals surface area contributed by atoms with E-state index in [4.69, 9.17) is 23.4 Å². The van der Waals surface area contributed by atoms with Crippen molar-refractivity contribution in [1.29, 1.82) is 0 Å². The first-order chi connectivity index (χ1) is 13.0. The fourth-order valence-electron chi connectivity index (χ4n) is 2.87. The van der Waals surface area contributed by atoms with Crippen LogP contribution in [0.1, 0.15) is 6.92 Å². The van der Waals surface area contributed by atoms with Gasteiger partial charge >= 0.3 is 0 Å². The van der Waals surface area contributed by atoms with Gasteiger partial charge in [-0.15, -0.1) is 0 Å². The van der Waals surface area contributed by atoms with Gasteiger partial charge in [-0.3, -0.25) is 4.79 Å². The normalized spacial score (nSPS) is 10.7. The van der Waals surface area contributed by atoms with Crippen molar-refractivity contribution in [3.63, 3.8) is 0 Å². The number of phenolic OH excluding ortho intramolecular Hbond substituents is 1. The Morgan fingerprint density at radius 1 is 0.963 bits per heavy atom. The number of hydrogen-bond acceptors (Lipinski definition) is 7. The van der Waals surface area contributed by atoms with Gasteiger partial charge in [0.15, 0.2) is 28.4 Å². The van der Waals surface area contributed by atoms with E-state index in [1.165, 1.54) is 26.4 Å². The molecule has 3 rings (SSSR count). The quantitative estimate of drug-likeness (QED) is 0.707. The molecule has 0 fully saturated rings. The molecule has 0 amide bonds. The van der Waals surface area contributed by atoms with E-state index in [0.29, 0.717) is 29.4 Å². The highest BCUT2D eigenvalue weighted by atomic mass is 16.5. The van der Waals surface area contributed by atoms with E-state index in [9.17, 15) is 9.90 Å². The highest BCUT2D eigenvalue weighted by Crippen LogP contribution is 2.42. The molecule has 7 heteroatoms. The summed E-state index contributed by atoms with van der Waals surface area (Å²) in [6, 6.07) is 7.87. The van der Waals surface area contributed by atoms with Crippen molar-refractivity contribution in [2.24, 2.45) is 0 Å². The van der Waals surface area contributed by atoms with Crippen LogP contribution < -0.4 is 24.4 Å². The number of aromatic hydroxyl groups is 1. The summed E-state index contributed by atoms with van der Waals surface area (Å²) in [4.78, 5) is 12.8. The van der Waals surface area contributed by atoms with Crippen molar-refractivity contribution in [1.82, 2.24) is 0 Å². The summed E-state index contributed by atoms with van der Waals surface area (Å²) in [7, 11) is 4.47. The zero-order chi connectivity index (χ0) is 19.6. The number of rotatable bonds is 6. The molecule has 0 aliphatic carbocycles. The van der Waals surface area contributed by atoms with Crippen molar-refractivity contribution in [3.05, 3.63) is 40.6 Å². The average molecular weight is 372 g/mol. The third-order valence-corrected chi connectivity index (χ3v) is 4.07. The summed E-state index contributed by atoms with van der Waals surface area (Å²) >= 11 is 0. The number of methoxy groups -OCH3 is 3. The summed E-state index contributed by atoms with van der Waals surface area (Å²) < 4.78 is 27.1. The topological polar surface area (TPSA) is 87.4 Å². The lowest BCUT2D eigenvalue weighted by atomic mass is 10.1. The fourth-order valence-corrected chi connectivity index (χ4v) is 2.87. The number of benzene rings is 2. The highest BCUT2D eigenvalue weighted by molar-refractivity contribution is 5.90. The highest BCUT2D eigenvalue weighted by Gasteiger charge is 2.20. The lowest BCUT2D eigenvalue weighted by molar-refractivity contribution is 0.294. The minimum atomic E-state index is -0.321. The minimum absolute atomic E-state index is 0.110. The Balaban J connectivity index is 2.24. The molecule has 1 N–H and O–H groups in total. The van der Waals surface area contributed by atoms with Crippen LogP contribution in [-0.4, -0.2) is 33.0 Å². The maximum absolute atomic E-state index is 12.8. The third kappa shape index (κ3) is 3.23. The number of fused-ring (bicyclic) bond motifs is 1. The predicted octanol–water partition coefficient (Wildman–Crippen LogP) is 3.59. The Labute approximate surface area is 155 Å². The Kier molecular flexibility index (Phi) is 5.12. The molecule has 3 aromatic rings. The van der Waals surface area contributed by atoms with E-state index < -0.39 is 0 Å². The minimum Gasteiger partial charge on any atom is -0.504 e. The SMILES string of the molecule is CCOc1c(O)cc2oc(-c3ccc(OC)c(OC)c3)cc(=O)c2c1OC.